The minimum atomic E-state index is -0.231. The molecular weight excluding hydrogens is 202 g/mol. The van der Waals surface area contributed by atoms with E-state index in [1.807, 2.05) is 25.1 Å². The summed E-state index contributed by atoms with van der Waals surface area (Å²) in [6.45, 7) is 5.32. The van der Waals surface area contributed by atoms with Gasteiger partial charge in [0.25, 0.3) is 0 Å². The van der Waals surface area contributed by atoms with Gasteiger partial charge in [-0.25, -0.2) is 9.97 Å². The number of amides is 1. The molecule has 1 aromatic heterocycles. The minimum Gasteiger partial charge on any atom is -0.322 e. The number of anilines is 1. The van der Waals surface area contributed by atoms with Gasteiger partial charge in [0, 0.05) is 16.8 Å². The van der Waals surface area contributed by atoms with Crippen molar-refractivity contribution in [3.05, 3.63) is 42.9 Å². The minimum absolute atomic E-state index is 0.231. The van der Waals surface area contributed by atoms with Crippen LogP contribution in [0.1, 0.15) is 5.69 Å². The van der Waals surface area contributed by atoms with Crippen LogP contribution in [-0.2, 0) is 4.79 Å². The molecule has 0 saturated heterocycles. The predicted molar refractivity (Wildman–Crippen MR) is 63.1 cm³/mol. The lowest BCUT2D eigenvalue weighted by atomic mass is 10.2. The number of aromatic nitrogens is 2. The molecule has 1 aromatic carbocycles. The maximum Gasteiger partial charge on any atom is 0.247 e. The molecule has 2 aromatic rings. The molecular formula is C12H11N3O. The molecule has 0 radical (unpaired) electrons. The summed E-state index contributed by atoms with van der Waals surface area (Å²) in [5, 5.41) is 3.67. The summed E-state index contributed by atoms with van der Waals surface area (Å²) in [5.74, 6) is -0.231. The van der Waals surface area contributed by atoms with Crippen LogP contribution < -0.4 is 5.32 Å². The fourth-order valence-electron chi connectivity index (χ4n) is 1.46. The zero-order chi connectivity index (χ0) is 11.5. The van der Waals surface area contributed by atoms with Gasteiger partial charge in [-0.1, -0.05) is 6.58 Å². The van der Waals surface area contributed by atoms with Gasteiger partial charge >= 0.3 is 0 Å². The van der Waals surface area contributed by atoms with Crippen LogP contribution in [-0.4, -0.2) is 15.9 Å². The third-order valence-electron chi connectivity index (χ3n) is 2.29. The second-order valence-corrected chi connectivity index (χ2v) is 3.38. The average molecular weight is 213 g/mol. The number of fused-ring (bicyclic) bond motifs is 1. The fraction of sp³-hybridized carbons (Fsp3) is 0.0833. The highest BCUT2D eigenvalue weighted by Crippen LogP contribution is 2.18. The normalized spacial score (nSPS) is 10.1. The van der Waals surface area contributed by atoms with Crippen molar-refractivity contribution in [3.8, 4) is 0 Å². The highest BCUT2D eigenvalue weighted by atomic mass is 16.1. The third kappa shape index (κ3) is 1.91. The molecule has 0 saturated carbocycles. The van der Waals surface area contributed by atoms with Gasteiger partial charge in [0.1, 0.15) is 6.33 Å². The quantitative estimate of drug-likeness (QED) is 0.777. The van der Waals surface area contributed by atoms with Crippen molar-refractivity contribution < 1.29 is 4.79 Å². The van der Waals surface area contributed by atoms with Crippen LogP contribution >= 0.6 is 0 Å². The lowest BCUT2D eigenvalue weighted by Crippen LogP contribution is -2.07. The standard InChI is InChI=1S/C12H11N3O/c1-3-12(16)15-9-4-5-10-8(2)13-7-14-11(10)6-9/h3-7H,1H2,2H3,(H,15,16). The molecule has 1 N–H and O–H groups in total. The molecule has 1 amide bonds. The van der Waals surface area contributed by atoms with Gasteiger partial charge in [-0.05, 0) is 31.2 Å². The molecule has 2 rings (SSSR count). The summed E-state index contributed by atoms with van der Waals surface area (Å²) in [6, 6.07) is 5.52. The highest BCUT2D eigenvalue weighted by molar-refractivity contribution is 6.00. The number of carbonyl (C=O) groups is 1. The molecule has 0 aliphatic rings. The summed E-state index contributed by atoms with van der Waals surface area (Å²) in [5.41, 5.74) is 2.44. The van der Waals surface area contributed by atoms with E-state index in [9.17, 15) is 4.79 Å². The highest BCUT2D eigenvalue weighted by Gasteiger charge is 2.02. The van der Waals surface area contributed by atoms with E-state index in [0.29, 0.717) is 5.69 Å². The summed E-state index contributed by atoms with van der Waals surface area (Å²) in [6.07, 6.45) is 2.74. The maximum atomic E-state index is 11.1. The number of nitrogens with zero attached hydrogens (tertiary/aromatic N) is 2. The zero-order valence-corrected chi connectivity index (χ0v) is 8.90. The molecule has 0 unspecified atom stereocenters. The Balaban J connectivity index is 2.44. The van der Waals surface area contributed by atoms with Crippen LogP contribution in [0.3, 0.4) is 0 Å². The van der Waals surface area contributed by atoms with Crippen molar-refractivity contribution in [1.82, 2.24) is 9.97 Å². The van der Waals surface area contributed by atoms with Crippen LogP contribution in [0, 0.1) is 6.92 Å². The van der Waals surface area contributed by atoms with Crippen molar-refractivity contribution in [2.45, 2.75) is 6.92 Å². The molecule has 4 heteroatoms. The summed E-state index contributed by atoms with van der Waals surface area (Å²) in [7, 11) is 0. The lowest BCUT2D eigenvalue weighted by Gasteiger charge is -2.04. The Labute approximate surface area is 93.0 Å². The monoisotopic (exact) mass is 213 g/mol. The molecule has 0 bridgehead atoms. The van der Waals surface area contributed by atoms with Crippen molar-refractivity contribution in [2.24, 2.45) is 0 Å². The van der Waals surface area contributed by atoms with Crippen LogP contribution in [0.15, 0.2) is 37.2 Å². The molecule has 4 nitrogen and oxygen atoms in total. The van der Waals surface area contributed by atoms with Crippen molar-refractivity contribution in [3.63, 3.8) is 0 Å². The van der Waals surface area contributed by atoms with Gasteiger partial charge in [0.2, 0.25) is 5.91 Å². The average Bonchev–Trinajstić information content (AvgIpc) is 2.29. The van der Waals surface area contributed by atoms with Crippen LogP contribution in [0.25, 0.3) is 10.9 Å². The van der Waals surface area contributed by atoms with E-state index in [-0.39, 0.29) is 5.91 Å². The van der Waals surface area contributed by atoms with Gasteiger partial charge in [-0.15, -0.1) is 0 Å². The Morgan fingerprint density at radius 3 is 3.00 bits per heavy atom. The van der Waals surface area contributed by atoms with E-state index in [4.69, 9.17) is 0 Å². The van der Waals surface area contributed by atoms with Crippen LogP contribution in [0.5, 0.6) is 0 Å². The van der Waals surface area contributed by atoms with E-state index < -0.39 is 0 Å². The summed E-state index contributed by atoms with van der Waals surface area (Å²) < 4.78 is 0. The molecule has 1 heterocycles. The molecule has 0 atom stereocenters. The van der Waals surface area contributed by atoms with Gasteiger partial charge in [0.05, 0.1) is 5.52 Å². The number of benzene rings is 1. The Morgan fingerprint density at radius 2 is 2.25 bits per heavy atom. The lowest BCUT2D eigenvalue weighted by molar-refractivity contribution is -0.111. The Bertz CT molecular complexity index is 563. The second-order valence-electron chi connectivity index (χ2n) is 3.38. The molecule has 0 aliphatic carbocycles. The molecule has 0 fully saturated rings. The summed E-state index contributed by atoms with van der Waals surface area (Å²) >= 11 is 0. The Morgan fingerprint density at radius 1 is 1.44 bits per heavy atom. The van der Waals surface area contributed by atoms with E-state index in [1.54, 1.807) is 0 Å². The second kappa shape index (κ2) is 4.10. The largest absolute Gasteiger partial charge is 0.322 e. The fourth-order valence-corrected chi connectivity index (χ4v) is 1.46. The third-order valence-corrected chi connectivity index (χ3v) is 2.29. The number of carbonyl (C=O) groups excluding carboxylic acids is 1. The first kappa shape index (κ1) is 10.3. The van der Waals surface area contributed by atoms with Gasteiger partial charge < -0.3 is 5.32 Å². The maximum absolute atomic E-state index is 11.1. The van der Waals surface area contributed by atoms with Crippen LogP contribution in [0.2, 0.25) is 0 Å². The van der Waals surface area contributed by atoms with Gasteiger partial charge in [-0.3, -0.25) is 4.79 Å². The van der Waals surface area contributed by atoms with E-state index >= 15 is 0 Å². The van der Waals surface area contributed by atoms with Gasteiger partial charge in [-0.2, -0.15) is 0 Å². The smallest absolute Gasteiger partial charge is 0.247 e. The molecule has 16 heavy (non-hydrogen) atoms. The molecule has 0 spiro atoms. The van der Waals surface area contributed by atoms with Crippen molar-refractivity contribution >= 4 is 22.5 Å². The number of rotatable bonds is 2. The van der Waals surface area contributed by atoms with Crippen molar-refractivity contribution in [1.29, 1.82) is 0 Å². The van der Waals surface area contributed by atoms with E-state index in [2.05, 4.69) is 21.9 Å². The van der Waals surface area contributed by atoms with Gasteiger partial charge in [0.15, 0.2) is 0 Å². The van der Waals surface area contributed by atoms with Crippen LogP contribution in [0.4, 0.5) is 5.69 Å². The van der Waals surface area contributed by atoms with E-state index in [1.165, 1.54) is 12.4 Å². The number of hydrogen-bond donors (Lipinski definition) is 1. The SMILES string of the molecule is C=CC(=O)Nc1ccc2c(C)ncnc2c1. The first-order chi connectivity index (χ1) is 7.70. The Hall–Kier alpha value is -2.23. The van der Waals surface area contributed by atoms with E-state index in [0.717, 1.165) is 16.6 Å². The number of hydrogen-bond acceptors (Lipinski definition) is 3. The Kier molecular flexibility index (Phi) is 2.64. The first-order valence-electron chi connectivity index (χ1n) is 4.85. The molecule has 80 valence electrons. The number of nitrogens with one attached hydrogen (secondary N) is 1. The number of aryl methyl sites for hydroxylation is 1. The first-order valence-corrected chi connectivity index (χ1v) is 4.85. The topological polar surface area (TPSA) is 54.9 Å². The summed E-state index contributed by atoms with van der Waals surface area (Å²) in [4.78, 5) is 19.4. The molecule has 0 aliphatic heterocycles. The predicted octanol–water partition coefficient (Wildman–Crippen LogP) is 2.06. The zero-order valence-electron chi connectivity index (χ0n) is 8.90. The van der Waals surface area contributed by atoms with Crippen molar-refractivity contribution in [2.75, 3.05) is 5.32 Å².